The Balaban J connectivity index is 3.58. The Morgan fingerprint density at radius 2 is 1.12 bits per heavy atom. The van der Waals surface area contributed by atoms with Crippen molar-refractivity contribution in [1.29, 1.82) is 0 Å². The van der Waals surface area contributed by atoms with Crippen LogP contribution in [0.1, 0.15) is 0 Å². The average molecular weight is 250 g/mol. The van der Waals surface area contributed by atoms with Gasteiger partial charge in [0, 0.05) is 0 Å². The first kappa shape index (κ1) is 10.2. The van der Waals surface area contributed by atoms with Crippen LogP contribution >= 0.6 is 76.6 Å². The lowest BCUT2D eigenvalue weighted by atomic mass is 11.8. The predicted molar refractivity (Wildman–Crippen MR) is 48.9 cm³/mol. The van der Waals surface area contributed by atoms with Crippen LogP contribution in [0.5, 0.6) is 0 Å². The van der Waals surface area contributed by atoms with Crippen LogP contribution in [-0.4, -0.2) is 2.87 Å². The smallest absolute Gasteiger partial charge is 0.0790 e. The zero-order valence-corrected chi connectivity index (χ0v) is 8.71. The van der Waals surface area contributed by atoms with Crippen molar-refractivity contribution in [3.05, 3.63) is 0 Å². The molecule has 0 unspecified atom stereocenters. The van der Waals surface area contributed by atoms with Crippen molar-refractivity contribution in [2.45, 2.75) is 2.87 Å². The number of hydrogen-bond donors (Lipinski definition) is 0. The number of rotatable bonds is 3. The predicted octanol–water partition coefficient (Wildman–Crippen LogP) is 4.50. The van der Waals surface area contributed by atoms with E-state index in [-0.39, 0.29) is 0 Å². The lowest BCUT2D eigenvalue weighted by molar-refractivity contribution is 1.92. The molecular formula is CCl4S3. The van der Waals surface area contributed by atoms with Gasteiger partial charge in [0.15, 0.2) is 0 Å². The fourth-order valence-electron chi connectivity index (χ4n) is 0.0357. The molecule has 0 radical (unpaired) electrons. The van der Waals surface area contributed by atoms with Gasteiger partial charge in [-0.3, -0.25) is 0 Å². The molecule has 0 heterocycles. The van der Waals surface area contributed by atoms with Crippen molar-refractivity contribution in [3.8, 4) is 0 Å². The van der Waals surface area contributed by atoms with Crippen molar-refractivity contribution >= 4 is 76.6 Å². The molecule has 0 atom stereocenters. The van der Waals surface area contributed by atoms with Crippen molar-refractivity contribution in [3.63, 3.8) is 0 Å². The zero-order valence-electron chi connectivity index (χ0n) is 3.24. The summed E-state index contributed by atoms with van der Waals surface area (Å²) in [5.41, 5.74) is 0. The minimum absolute atomic E-state index is 0.856. The molecular weight excluding hydrogens is 250 g/mol. The molecule has 0 aromatic carbocycles. The molecule has 0 saturated heterocycles. The molecule has 0 spiro atoms. The molecule has 0 rings (SSSR count). The molecule has 0 nitrogen and oxygen atoms in total. The molecule has 0 fully saturated rings. The first-order chi connectivity index (χ1) is 3.68. The molecule has 7 heteroatoms. The molecule has 0 aliphatic heterocycles. The maximum Gasteiger partial charge on any atom is 0.224 e. The second kappa shape index (κ2) is 4.94. The van der Waals surface area contributed by atoms with Crippen LogP contribution in [0.4, 0.5) is 0 Å². The lowest BCUT2D eigenvalue weighted by Gasteiger charge is -2.11. The topological polar surface area (TPSA) is 0 Å². The fraction of sp³-hybridized carbons (Fsp3) is 1.00. The van der Waals surface area contributed by atoms with E-state index in [1.165, 1.54) is 0 Å². The monoisotopic (exact) mass is 248 g/mol. The van der Waals surface area contributed by atoms with Gasteiger partial charge < -0.3 is 0 Å². The Kier molecular flexibility index (Phi) is 6.30. The normalized spacial score (nSPS) is 12.0. The van der Waals surface area contributed by atoms with E-state index < -0.39 is 2.87 Å². The van der Waals surface area contributed by atoms with E-state index in [0.29, 0.717) is 0 Å². The van der Waals surface area contributed by atoms with Crippen LogP contribution in [-0.2, 0) is 0 Å². The van der Waals surface area contributed by atoms with E-state index in [0.717, 1.165) is 32.9 Å². The summed E-state index contributed by atoms with van der Waals surface area (Å²) < 4.78 is -0.856. The third-order valence-electron chi connectivity index (χ3n) is 0.276. The highest BCUT2D eigenvalue weighted by Gasteiger charge is 2.28. The van der Waals surface area contributed by atoms with E-state index in [1.807, 2.05) is 0 Å². The van der Waals surface area contributed by atoms with Crippen LogP contribution in [0.2, 0.25) is 0 Å². The lowest BCUT2D eigenvalue weighted by Crippen LogP contribution is -1.94. The Bertz CT molecular complexity index is 54.0. The van der Waals surface area contributed by atoms with E-state index in [9.17, 15) is 0 Å². The van der Waals surface area contributed by atoms with E-state index in [1.54, 1.807) is 0 Å². The van der Waals surface area contributed by atoms with Gasteiger partial charge in [-0.2, -0.15) is 0 Å². The van der Waals surface area contributed by atoms with Crippen LogP contribution in [0, 0.1) is 0 Å². The summed E-state index contributed by atoms with van der Waals surface area (Å²) in [6.07, 6.45) is 0. The van der Waals surface area contributed by atoms with Crippen molar-refractivity contribution in [2.24, 2.45) is 0 Å². The fourth-order valence-corrected chi connectivity index (χ4v) is 2.89. The van der Waals surface area contributed by atoms with Gasteiger partial charge in [-0.25, -0.2) is 0 Å². The van der Waals surface area contributed by atoms with Gasteiger partial charge in [-0.15, -0.1) is 0 Å². The second-order valence-electron chi connectivity index (χ2n) is 0.713. The highest BCUT2D eigenvalue weighted by molar-refractivity contribution is 8.52. The standard InChI is InChI=1S/CCl4S3/c2-1(6-3,7-4)8-5. The van der Waals surface area contributed by atoms with Gasteiger partial charge in [0.2, 0.25) is 2.87 Å². The summed E-state index contributed by atoms with van der Waals surface area (Å²) in [4.78, 5) is 0. The summed E-state index contributed by atoms with van der Waals surface area (Å²) in [6, 6.07) is 0. The molecule has 50 valence electrons. The van der Waals surface area contributed by atoms with Crippen molar-refractivity contribution < 1.29 is 0 Å². The molecule has 0 aromatic rings. The Morgan fingerprint density at radius 1 is 0.875 bits per heavy atom. The molecule has 0 aliphatic carbocycles. The van der Waals surface area contributed by atoms with Crippen LogP contribution < -0.4 is 0 Å². The Hall–Kier alpha value is 2.21. The second-order valence-corrected chi connectivity index (χ2v) is 6.42. The van der Waals surface area contributed by atoms with Crippen LogP contribution in [0.3, 0.4) is 0 Å². The highest BCUT2D eigenvalue weighted by Crippen LogP contribution is 2.55. The molecule has 0 aliphatic rings. The highest BCUT2D eigenvalue weighted by atomic mass is 35.7. The van der Waals surface area contributed by atoms with Gasteiger partial charge >= 0.3 is 0 Å². The van der Waals surface area contributed by atoms with Crippen molar-refractivity contribution in [2.75, 3.05) is 0 Å². The van der Waals surface area contributed by atoms with Gasteiger partial charge in [-0.05, 0) is 65.0 Å². The third-order valence-corrected chi connectivity index (χ3v) is 7.46. The summed E-state index contributed by atoms with van der Waals surface area (Å²) in [5, 5.41) is 0. The largest absolute Gasteiger partial charge is 0.224 e. The molecule has 0 N–H and O–H groups in total. The number of halogens is 4. The zero-order chi connectivity index (χ0) is 6.62. The van der Waals surface area contributed by atoms with Crippen LogP contribution in [0.25, 0.3) is 0 Å². The quantitative estimate of drug-likeness (QED) is 0.534. The van der Waals surface area contributed by atoms with Gasteiger partial charge in [0.1, 0.15) is 0 Å². The van der Waals surface area contributed by atoms with Gasteiger partial charge in [0.25, 0.3) is 0 Å². The SMILES string of the molecule is ClSC(Cl)(SCl)SCl. The number of hydrogen-bond acceptors (Lipinski definition) is 3. The summed E-state index contributed by atoms with van der Waals surface area (Å²) in [5.74, 6) is 0. The summed E-state index contributed by atoms with van der Waals surface area (Å²) in [6.45, 7) is 0. The van der Waals surface area contributed by atoms with Crippen LogP contribution in [0.15, 0.2) is 0 Å². The number of alkyl halides is 1. The maximum atomic E-state index is 5.59. The molecule has 0 bridgehead atoms. The Morgan fingerprint density at radius 3 is 1.12 bits per heavy atom. The average Bonchev–Trinajstić information content (AvgIpc) is 1.87. The van der Waals surface area contributed by atoms with Crippen molar-refractivity contribution in [1.82, 2.24) is 0 Å². The van der Waals surface area contributed by atoms with E-state index in [2.05, 4.69) is 0 Å². The van der Waals surface area contributed by atoms with Gasteiger partial charge in [0.05, 0.1) is 0 Å². The maximum absolute atomic E-state index is 5.59. The molecule has 0 saturated carbocycles. The van der Waals surface area contributed by atoms with E-state index in [4.69, 9.17) is 43.6 Å². The third kappa shape index (κ3) is 3.40. The minimum Gasteiger partial charge on any atom is -0.0790 e. The molecule has 0 aromatic heterocycles. The first-order valence-corrected chi connectivity index (χ1v) is 6.57. The molecule has 0 amide bonds. The first-order valence-electron chi connectivity index (χ1n) is 1.26. The molecule has 8 heavy (non-hydrogen) atoms. The summed E-state index contributed by atoms with van der Waals surface area (Å²) >= 11 is 5.59. The Labute approximate surface area is 78.8 Å². The van der Waals surface area contributed by atoms with Gasteiger partial charge in [-0.1, -0.05) is 11.6 Å². The minimum atomic E-state index is -0.856. The van der Waals surface area contributed by atoms with E-state index >= 15 is 0 Å². The summed E-state index contributed by atoms with van der Waals surface area (Å²) in [7, 11) is 18.5.